The number of nitrogens with one attached hydrogen (secondary N) is 1. The average Bonchev–Trinajstić information content (AvgIpc) is 2.29. The molecule has 0 atom stereocenters. The van der Waals surface area contributed by atoms with Gasteiger partial charge in [0.1, 0.15) is 0 Å². The summed E-state index contributed by atoms with van der Waals surface area (Å²) in [5.41, 5.74) is 5.74. The monoisotopic (exact) mass is 226 g/mol. The quantitative estimate of drug-likeness (QED) is 0.771. The summed E-state index contributed by atoms with van der Waals surface area (Å²) in [5.74, 6) is 0.793. The molecule has 0 aliphatic heterocycles. The maximum absolute atomic E-state index is 11.2. The van der Waals surface area contributed by atoms with Gasteiger partial charge in [-0.25, -0.2) is 0 Å². The van der Waals surface area contributed by atoms with Gasteiger partial charge >= 0.3 is 0 Å². The molecule has 3 heteroatoms. The smallest absolute Gasteiger partial charge is 0.233 e. The molecule has 1 aliphatic carbocycles. The Hall–Kier alpha value is -0.570. The number of hydrogen-bond acceptors (Lipinski definition) is 2. The largest absolute Gasteiger partial charge is 0.352 e. The molecule has 1 amide bonds. The van der Waals surface area contributed by atoms with Gasteiger partial charge < -0.3 is 11.1 Å². The first-order chi connectivity index (χ1) is 7.49. The molecule has 0 unspecified atom stereocenters. The van der Waals surface area contributed by atoms with Crippen molar-refractivity contribution in [3.63, 3.8) is 0 Å². The van der Waals surface area contributed by atoms with Crippen molar-refractivity contribution in [2.45, 2.75) is 58.9 Å². The van der Waals surface area contributed by atoms with E-state index in [1.807, 2.05) is 0 Å². The summed E-state index contributed by atoms with van der Waals surface area (Å²) in [5, 5.41) is 2.99. The molecule has 0 aromatic heterocycles. The van der Waals surface area contributed by atoms with Crippen LogP contribution in [-0.4, -0.2) is 18.5 Å². The topological polar surface area (TPSA) is 55.1 Å². The number of carbonyl (C=O) groups is 1. The van der Waals surface area contributed by atoms with Crippen molar-refractivity contribution in [3.05, 3.63) is 0 Å². The van der Waals surface area contributed by atoms with E-state index in [-0.39, 0.29) is 12.5 Å². The van der Waals surface area contributed by atoms with Crippen molar-refractivity contribution in [2.75, 3.05) is 6.54 Å². The SMILES string of the molecule is CCC(C)(C)C1CCC(NC(=O)CN)CC1. The summed E-state index contributed by atoms with van der Waals surface area (Å²) in [6.45, 7) is 7.09. The Morgan fingerprint density at radius 3 is 2.31 bits per heavy atom. The number of amides is 1. The van der Waals surface area contributed by atoms with Crippen LogP contribution in [0.4, 0.5) is 0 Å². The van der Waals surface area contributed by atoms with E-state index in [2.05, 4.69) is 26.1 Å². The number of rotatable bonds is 4. The predicted molar refractivity (Wildman–Crippen MR) is 67.0 cm³/mol. The first-order valence-electron chi connectivity index (χ1n) is 6.49. The molecule has 16 heavy (non-hydrogen) atoms. The van der Waals surface area contributed by atoms with Gasteiger partial charge in [-0.1, -0.05) is 27.2 Å². The highest BCUT2D eigenvalue weighted by Gasteiger charge is 2.31. The molecule has 1 rings (SSSR count). The average molecular weight is 226 g/mol. The van der Waals surface area contributed by atoms with Gasteiger partial charge in [0.05, 0.1) is 6.54 Å². The van der Waals surface area contributed by atoms with E-state index in [0.29, 0.717) is 11.5 Å². The van der Waals surface area contributed by atoms with Gasteiger partial charge in [-0.05, 0) is 37.0 Å². The van der Waals surface area contributed by atoms with E-state index in [0.717, 1.165) is 18.8 Å². The van der Waals surface area contributed by atoms with Crippen molar-refractivity contribution in [3.8, 4) is 0 Å². The summed E-state index contributed by atoms with van der Waals surface area (Å²) >= 11 is 0. The van der Waals surface area contributed by atoms with Gasteiger partial charge in [-0.3, -0.25) is 4.79 Å². The van der Waals surface area contributed by atoms with Crippen molar-refractivity contribution in [1.29, 1.82) is 0 Å². The van der Waals surface area contributed by atoms with Gasteiger partial charge in [-0.2, -0.15) is 0 Å². The highest BCUT2D eigenvalue weighted by atomic mass is 16.1. The van der Waals surface area contributed by atoms with Crippen molar-refractivity contribution < 1.29 is 4.79 Å². The molecule has 1 aliphatic rings. The lowest BCUT2D eigenvalue weighted by molar-refractivity contribution is -0.120. The van der Waals surface area contributed by atoms with Crippen LogP contribution in [0.1, 0.15) is 52.9 Å². The van der Waals surface area contributed by atoms with Gasteiger partial charge in [-0.15, -0.1) is 0 Å². The predicted octanol–water partition coefficient (Wildman–Crippen LogP) is 2.06. The lowest BCUT2D eigenvalue weighted by Crippen LogP contribution is -2.42. The highest BCUT2D eigenvalue weighted by molar-refractivity contribution is 5.78. The molecule has 0 aromatic rings. The van der Waals surface area contributed by atoms with Crippen molar-refractivity contribution in [1.82, 2.24) is 5.32 Å². The molecule has 3 N–H and O–H groups in total. The van der Waals surface area contributed by atoms with Gasteiger partial charge in [0, 0.05) is 6.04 Å². The minimum Gasteiger partial charge on any atom is -0.352 e. The molecule has 0 saturated heterocycles. The Morgan fingerprint density at radius 2 is 1.88 bits per heavy atom. The summed E-state index contributed by atoms with van der Waals surface area (Å²) in [6, 6.07) is 0.361. The first-order valence-corrected chi connectivity index (χ1v) is 6.49. The second-order valence-electron chi connectivity index (χ2n) is 5.66. The minimum atomic E-state index is -0.0156. The van der Waals surface area contributed by atoms with Crippen LogP contribution >= 0.6 is 0 Å². The fraction of sp³-hybridized carbons (Fsp3) is 0.923. The normalized spacial score (nSPS) is 26.5. The fourth-order valence-corrected chi connectivity index (χ4v) is 2.59. The molecule has 0 spiro atoms. The maximum atomic E-state index is 11.2. The molecular weight excluding hydrogens is 200 g/mol. The van der Waals surface area contributed by atoms with Crippen LogP contribution in [0.15, 0.2) is 0 Å². The van der Waals surface area contributed by atoms with E-state index < -0.39 is 0 Å². The summed E-state index contributed by atoms with van der Waals surface area (Å²) in [7, 11) is 0. The van der Waals surface area contributed by atoms with Crippen LogP contribution in [0.2, 0.25) is 0 Å². The zero-order chi connectivity index (χ0) is 12.2. The van der Waals surface area contributed by atoms with E-state index in [4.69, 9.17) is 5.73 Å². The summed E-state index contributed by atoms with van der Waals surface area (Å²) in [4.78, 5) is 11.2. The van der Waals surface area contributed by atoms with Gasteiger partial charge in [0.25, 0.3) is 0 Å². The van der Waals surface area contributed by atoms with Crippen molar-refractivity contribution >= 4 is 5.91 Å². The van der Waals surface area contributed by atoms with Gasteiger partial charge in [0.2, 0.25) is 5.91 Å². The first kappa shape index (κ1) is 13.5. The second-order valence-corrected chi connectivity index (χ2v) is 5.66. The summed E-state index contributed by atoms with van der Waals surface area (Å²) in [6.07, 6.45) is 5.92. The van der Waals surface area contributed by atoms with Crippen LogP contribution in [0.25, 0.3) is 0 Å². The number of nitrogens with two attached hydrogens (primary N) is 1. The fourth-order valence-electron chi connectivity index (χ4n) is 2.59. The third kappa shape index (κ3) is 3.48. The lowest BCUT2D eigenvalue weighted by atomic mass is 9.69. The van der Waals surface area contributed by atoms with Crippen LogP contribution in [0.3, 0.4) is 0 Å². The highest BCUT2D eigenvalue weighted by Crippen LogP contribution is 2.40. The van der Waals surface area contributed by atoms with Crippen LogP contribution < -0.4 is 11.1 Å². The molecule has 0 heterocycles. The van der Waals surface area contributed by atoms with Gasteiger partial charge in [0.15, 0.2) is 0 Å². The second kappa shape index (κ2) is 5.67. The van der Waals surface area contributed by atoms with Crippen LogP contribution in [0, 0.1) is 11.3 Å². The van der Waals surface area contributed by atoms with E-state index >= 15 is 0 Å². The Bertz CT molecular complexity index is 230. The lowest BCUT2D eigenvalue weighted by Gasteiger charge is -2.39. The Labute approximate surface area is 99.2 Å². The van der Waals surface area contributed by atoms with Crippen LogP contribution in [-0.2, 0) is 4.79 Å². The molecule has 0 radical (unpaired) electrons. The zero-order valence-electron chi connectivity index (χ0n) is 10.9. The minimum absolute atomic E-state index is 0.0156. The Kier molecular flexibility index (Phi) is 4.78. The van der Waals surface area contributed by atoms with Crippen LogP contribution in [0.5, 0.6) is 0 Å². The zero-order valence-corrected chi connectivity index (χ0v) is 10.9. The number of hydrogen-bond donors (Lipinski definition) is 2. The van der Waals surface area contributed by atoms with E-state index in [9.17, 15) is 4.79 Å². The molecule has 0 bridgehead atoms. The van der Waals surface area contributed by atoms with E-state index in [1.165, 1.54) is 19.3 Å². The van der Waals surface area contributed by atoms with E-state index in [1.54, 1.807) is 0 Å². The molecular formula is C13H26N2O. The molecule has 1 fully saturated rings. The Morgan fingerprint density at radius 1 is 1.31 bits per heavy atom. The molecule has 3 nitrogen and oxygen atoms in total. The third-order valence-corrected chi connectivity index (χ3v) is 4.29. The standard InChI is InChI=1S/C13H26N2O/c1-4-13(2,3)10-5-7-11(8-6-10)15-12(16)9-14/h10-11H,4-9,14H2,1-3H3,(H,15,16). The molecule has 1 saturated carbocycles. The summed E-state index contributed by atoms with van der Waals surface area (Å²) < 4.78 is 0. The molecule has 0 aromatic carbocycles. The third-order valence-electron chi connectivity index (χ3n) is 4.29. The molecule has 94 valence electrons. The Balaban J connectivity index is 2.37. The maximum Gasteiger partial charge on any atom is 0.233 e. The van der Waals surface area contributed by atoms with Crippen molar-refractivity contribution in [2.24, 2.45) is 17.1 Å². The number of carbonyl (C=O) groups excluding carboxylic acids is 1.